The first-order valence-electron chi connectivity index (χ1n) is 5.51. The second kappa shape index (κ2) is 7.01. The first-order valence-corrected chi connectivity index (χ1v) is 6.04. The third-order valence-electron chi connectivity index (χ3n) is 2.05. The Morgan fingerprint density at radius 3 is 2.76 bits per heavy atom. The molecule has 0 aromatic heterocycles. The average Bonchev–Trinajstić information content (AvgIpc) is 2.85. The number of hydrogen-bond donors (Lipinski definition) is 1. The third-order valence-corrected chi connectivity index (χ3v) is 2.29. The number of hydrogen-bond acceptors (Lipinski definition) is 3. The predicted molar refractivity (Wildman–Crippen MR) is 66.5 cm³/mol. The van der Waals surface area contributed by atoms with Gasteiger partial charge in [-0.05, 0) is 17.7 Å². The Labute approximate surface area is 106 Å². The van der Waals surface area contributed by atoms with Crippen LogP contribution in [0.3, 0.4) is 0 Å². The van der Waals surface area contributed by atoms with E-state index in [4.69, 9.17) is 21.1 Å². The summed E-state index contributed by atoms with van der Waals surface area (Å²) >= 11 is 5.36. The molecule has 0 atom stereocenters. The van der Waals surface area contributed by atoms with E-state index < -0.39 is 0 Å². The molecule has 0 spiro atoms. The number of carbonyl (C=O) groups is 1. The minimum Gasteiger partial charge on any atom is -0.454 e. The Bertz CT molecular complexity index is 382. The van der Waals surface area contributed by atoms with Gasteiger partial charge >= 0.3 is 0 Å². The molecule has 0 saturated carbocycles. The van der Waals surface area contributed by atoms with Crippen molar-refractivity contribution in [1.29, 1.82) is 0 Å². The van der Waals surface area contributed by atoms with Gasteiger partial charge in [0.2, 0.25) is 12.7 Å². The molecular formula is C12H16ClNO3. The molecule has 0 fully saturated rings. The maximum absolute atomic E-state index is 10.9. The highest BCUT2D eigenvalue weighted by atomic mass is 35.5. The van der Waals surface area contributed by atoms with Crippen LogP contribution >= 0.6 is 11.6 Å². The quantitative estimate of drug-likeness (QED) is 0.846. The first kappa shape index (κ1) is 13.6. The fraction of sp³-hybridized carbons (Fsp3) is 0.417. The van der Waals surface area contributed by atoms with E-state index >= 15 is 0 Å². The summed E-state index contributed by atoms with van der Waals surface area (Å²) < 4.78 is 10.4. The van der Waals surface area contributed by atoms with Gasteiger partial charge in [0.25, 0.3) is 0 Å². The molecule has 4 nitrogen and oxygen atoms in total. The summed E-state index contributed by atoms with van der Waals surface area (Å²) in [5, 5.41) is 2.67. The Kier molecular flexibility index (Phi) is 5.63. The van der Waals surface area contributed by atoms with Crippen LogP contribution in [-0.2, 0) is 11.3 Å². The number of amides is 1. The zero-order valence-electron chi connectivity index (χ0n) is 9.96. The van der Waals surface area contributed by atoms with E-state index in [9.17, 15) is 4.79 Å². The molecule has 2 rings (SSSR count). The van der Waals surface area contributed by atoms with Gasteiger partial charge in [0.15, 0.2) is 11.5 Å². The number of benzene rings is 1. The molecule has 1 aromatic carbocycles. The summed E-state index contributed by atoms with van der Waals surface area (Å²) in [7, 11) is 0. The standard InChI is InChI=1S/C10H10ClNO3.C2H6/c11-4-10(13)12-5-7-1-2-8-9(3-7)15-6-14-8;1-2/h1-3H,4-6H2,(H,12,13);1-2H3. The van der Waals surface area contributed by atoms with E-state index in [0.29, 0.717) is 12.3 Å². The minimum absolute atomic E-state index is 0.0233. The van der Waals surface area contributed by atoms with E-state index in [1.807, 2.05) is 32.0 Å². The van der Waals surface area contributed by atoms with Crippen LogP contribution < -0.4 is 14.8 Å². The highest BCUT2D eigenvalue weighted by Gasteiger charge is 2.13. The van der Waals surface area contributed by atoms with Crippen molar-refractivity contribution in [2.75, 3.05) is 12.7 Å². The van der Waals surface area contributed by atoms with Gasteiger partial charge in [0, 0.05) is 6.54 Å². The number of halogens is 1. The van der Waals surface area contributed by atoms with Crippen LogP contribution in [-0.4, -0.2) is 18.6 Å². The van der Waals surface area contributed by atoms with Gasteiger partial charge in [-0.1, -0.05) is 19.9 Å². The normalized spacial score (nSPS) is 11.5. The zero-order chi connectivity index (χ0) is 12.7. The number of fused-ring (bicyclic) bond motifs is 1. The fourth-order valence-electron chi connectivity index (χ4n) is 1.30. The van der Waals surface area contributed by atoms with E-state index in [1.54, 1.807) is 0 Å². The van der Waals surface area contributed by atoms with E-state index in [1.165, 1.54) is 0 Å². The van der Waals surface area contributed by atoms with Crippen molar-refractivity contribution < 1.29 is 14.3 Å². The lowest BCUT2D eigenvalue weighted by atomic mass is 10.2. The molecule has 0 unspecified atom stereocenters. The molecular weight excluding hydrogens is 242 g/mol. The second-order valence-corrected chi connectivity index (χ2v) is 3.37. The summed E-state index contributed by atoms with van der Waals surface area (Å²) in [6.07, 6.45) is 0. The van der Waals surface area contributed by atoms with E-state index in [-0.39, 0.29) is 18.6 Å². The lowest BCUT2D eigenvalue weighted by Gasteiger charge is -2.04. The molecule has 1 aliphatic rings. The van der Waals surface area contributed by atoms with Crippen LogP contribution in [0.4, 0.5) is 0 Å². The number of alkyl halides is 1. The van der Waals surface area contributed by atoms with Crippen molar-refractivity contribution in [1.82, 2.24) is 5.32 Å². The number of rotatable bonds is 3. The highest BCUT2D eigenvalue weighted by Crippen LogP contribution is 2.32. The monoisotopic (exact) mass is 257 g/mol. The Morgan fingerprint density at radius 1 is 1.35 bits per heavy atom. The van der Waals surface area contributed by atoms with Crippen LogP contribution in [0.2, 0.25) is 0 Å². The molecule has 1 amide bonds. The largest absolute Gasteiger partial charge is 0.454 e. The summed E-state index contributed by atoms with van der Waals surface area (Å²) in [4.78, 5) is 10.9. The van der Waals surface area contributed by atoms with Gasteiger partial charge in [0.1, 0.15) is 5.88 Å². The lowest BCUT2D eigenvalue weighted by Crippen LogP contribution is -2.23. The van der Waals surface area contributed by atoms with Gasteiger partial charge in [-0.25, -0.2) is 0 Å². The third kappa shape index (κ3) is 3.82. The first-order chi connectivity index (χ1) is 8.29. The molecule has 0 aliphatic carbocycles. The molecule has 94 valence electrons. The summed E-state index contributed by atoms with van der Waals surface area (Å²) in [5.74, 6) is 1.24. The Balaban J connectivity index is 0.000000686. The summed E-state index contributed by atoms with van der Waals surface area (Å²) in [5.41, 5.74) is 0.956. The lowest BCUT2D eigenvalue weighted by molar-refractivity contribution is -0.118. The van der Waals surface area contributed by atoms with Gasteiger partial charge in [-0.3, -0.25) is 4.79 Å². The minimum atomic E-state index is -0.186. The van der Waals surface area contributed by atoms with Gasteiger partial charge in [-0.2, -0.15) is 0 Å². The SMILES string of the molecule is CC.O=C(CCl)NCc1ccc2c(c1)OCO2. The van der Waals surface area contributed by atoms with Crippen molar-refractivity contribution in [3.63, 3.8) is 0 Å². The summed E-state index contributed by atoms with van der Waals surface area (Å²) in [6.45, 7) is 4.70. The molecule has 0 bridgehead atoms. The van der Waals surface area contributed by atoms with Crippen molar-refractivity contribution in [3.05, 3.63) is 23.8 Å². The second-order valence-electron chi connectivity index (χ2n) is 3.10. The van der Waals surface area contributed by atoms with Gasteiger partial charge < -0.3 is 14.8 Å². The molecule has 1 aliphatic heterocycles. The molecule has 1 heterocycles. The fourth-order valence-corrected chi connectivity index (χ4v) is 1.39. The van der Waals surface area contributed by atoms with Crippen molar-refractivity contribution in [2.45, 2.75) is 20.4 Å². The van der Waals surface area contributed by atoms with E-state index in [0.717, 1.165) is 11.3 Å². The van der Waals surface area contributed by atoms with Crippen molar-refractivity contribution >= 4 is 17.5 Å². The van der Waals surface area contributed by atoms with Crippen molar-refractivity contribution in [3.8, 4) is 11.5 Å². The smallest absolute Gasteiger partial charge is 0.235 e. The van der Waals surface area contributed by atoms with Crippen LogP contribution in [0.25, 0.3) is 0 Å². The molecule has 1 aromatic rings. The van der Waals surface area contributed by atoms with Crippen LogP contribution in [0.15, 0.2) is 18.2 Å². The van der Waals surface area contributed by atoms with Crippen LogP contribution in [0.5, 0.6) is 11.5 Å². The van der Waals surface area contributed by atoms with Gasteiger partial charge in [-0.15, -0.1) is 11.6 Å². The Morgan fingerprint density at radius 2 is 2.06 bits per heavy atom. The molecule has 5 heteroatoms. The predicted octanol–water partition coefficient (Wildman–Crippen LogP) is 2.30. The zero-order valence-corrected chi connectivity index (χ0v) is 10.7. The highest BCUT2D eigenvalue weighted by molar-refractivity contribution is 6.27. The van der Waals surface area contributed by atoms with Gasteiger partial charge in [0.05, 0.1) is 0 Å². The topological polar surface area (TPSA) is 47.6 Å². The van der Waals surface area contributed by atoms with Crippen LogP contribution in [0.1, 0.15) is 19.4 Å². The van der Waals surface area contributed by atoms with Crippen LogP contribution in [0, 0.1) is 0 Å². The number of carbonyl (C=O) groups excluding carboxylic acids is 1. The number of nitrogens with one attached hydrogen (secondary N) is 1. The van der Waals surface area contributed by atoms with E-state index in [2.05, 4.69) is 5.32 Å². The summed E-state index contributed by atoms with van der Waals surface area (Å²) in [6, 6.07) is 5.55. The van der Waals surface area contributed by atoms with Crippen molar-refractivity contribution in [2.24, 2.45) is 0 Å². The average molecular weight is 258 g/mol. The molecule has 0 radical (unpaired) electrons. The Hall–Kier alpha value is -1.42. The number of ether oxygens (including phenoxy) is 2. The maximum Gasteiger partial charge on any atom is 0.235 e. The maximum atomic E-state index is 10.9. The molecule has 0 saturated heterocycles. The molecule has 1 N–H and O–H groups in total. The molecule has 17 heavy (non-hydrogen) atoms.